The lowest BCUT2D eigenvalue weighted by atomic mass is 9.59. The minimum Gasteiger partial charge on any atom is -0.511 e. The number of fused-ring (bicyclic) bond motifs is 2. The number of rotatable bonds is 3. The van der Waals surface area contributed by atoms with E-state index in [1.165, 1.54) is 0 Å². The zero-order valence-electron chi connectivity index (χ0n) is 16.4. The Labute approximate surface area is 181 Å². The number of carbonyl (C=O) groups is 1. The fourth-order valence-corrected chi connectivity index (χ4v) is 6.48. The van der Waals surface area contributed by atoms with Crippen LogP contribution in [-0.4, -0.2) is 10.9 Å². The largest absolute Gasteiger partial charge is 0.511 e. The first-order valence-corrected chi connectivity index (χ1v) is 11.3. The second-order valence-corrected chi connectivity index (χ2v) is 9.54. The van der Waals surface area contributed by atoms with Crippen molar-refractivity contribution in [3.63, 3.8) is 0 Å². The summed E-state index contributed by atoms with van der Waals surface area (Å²) in [6.45, 7) is 2.08. The van der Waals surface area contributed by atoms with Crippen LogP contribution in [0.4, 0.5) is 0 Å². The summed E-state index contributed by atoms with van der Waals surface area (Å²) in [5.74, 6) is 1.36. The highest BCUT2D eigenvalue weighted by Gasteiger charge is 2.54. The monoisotopic (exact) mass is 426 g/mol. The number of hydrogen-bond acceptors (Lipinski definition) is 2. The van der Waals surface area contributed by atoms with Gasteiger partial charge in [-0.25, -0.2) is 0 Å². The highest BCUT2D eigenvalue weighted by atomic mass is 35.5. The summed E-state index contributed by atoms with van der Waals surface area (Å²) in [6, 6.07) is 11.6. The first-order valence-electron chi connectivity index (χ1n) is 10.6. The van der Waals surface area contributed by atoms with E-state index in [1.807, 2.05) is 24.3 Å². The van der Waals surface area contributed by atoms with Crippen molar-refractivity contribution >= 4 is 34.6 Å². The van der Waals surface area contributed by atoms with Crippen LogP contribution in [0.3, 0.4) is 0 Å². The lowest BCUT2D eigenvalue weighted by Gasteiger charge is -2.44. The molecule has 0 unspecified atom stereocenters. The Hall–Kier alpha value is -1.77. The van der Waals surface area contributed by atoms with E-state index in [1.54, 1.807) is 6.07 Å². The van der Waals surface area contributed by atoms with Gasteiger partial charge in [0.1, 0.15) is 5.76 Å². The molecule has 2 aromatic carbocycles. The smallest absolute Gasteiger partial charge is 0.170 e. The number of benzene rings is 2. The average molecular weight is 427 g/mol. The molecular weight excluding hydrogens is 403 g/mol. The van der Waals surface area contributed by atoms with E-state index in [9.17, 15) is 9.90 Å². The average Bonchev–Trinajstić information content (AvgIpc) is 3.01. The number of allylic oxidation sites excluding steroid dienone is 2. The van der Waals surface area contributed by atoms with Crippen molar-refractivity contribution in [1.82, 2.24) is 0 Å². The molecule has 3 fully saturated rings. The van der Waals surface area contributed by atoms with E-state index in [4.69, 9.17) is 23.2 Å². The summed E-state index contributed by atoms with van der Waals surface area (Å²) < 4.78 is 0. The van der Waals surface area contributed by atoms with E-state index in [2.05, 4.69) is 13.0 Å². The maximum Gasteiger partial charge on any atom is 0.170 e. The van der Waals surface area contributed by atoms with Gasteiger partial charge in [-0.2, -0.15) is 0 Å². The van der Waals surface area contributed by atoms with E-state index >= 15 is 0 Å². The third-order valence-corrected chi connectivity index (χ3v) is 7.89. The van der Waals surface area contributed by atoms with E-state index in [0.717, 1.165) is 54.4 Å². The summed E-state index contributed by atoms with van der Waals surface area (Å²) in [5.41, 5.74) is 4.32. The molecule has 150 valence electrons. The van der Waals surface area contributed by atoms with Gasteiger partial charge in [0.2, 0.25) is 0 Å². The molecule has 4 aliphatic rings. The predicted molar refractivity (Wildman–Crippen MR) is 118 cm³/mol. The van der Waals surface area contributed by atoms with Gasteiger partial charge < -0.3 is 5.11 Å². The topological polar surface area (TPSA) is 37.3 Å². The Balaban J connectivity index is 1.64. The zero-order chi connectivity index (χ0) is 20.3. The molecule has 0 radical (unpaired) electrons. The van der Waals surface area contributed by atoms with Crippen LogP contribution < -0.4 is 0 Å². The van der Waals surface area contributed by atoms with Crippen LogP contribution in [0.15, 0.2) is 42.2 Å². The van der Waals surface area contributed by atoms with Crippen molar-refractivity contribution in [2.24, 2.45) is 23.7 Å². The van der Waals surface area contributed by atoms with Crippen molar-refractivity contribution in [1.29, 1.82) is 0 Å². The lowest BCUT2D eigenvalue weighted by molar-refractivity contribution is -0.123. The molecule has 3 saturated carbocycles. The summed E-state index contributed by atoms with van der Waals surface area (Å²) in [4.78, 5) is 13.5. The van der Waals surface area contributed by atoms with Crippen molar-refractivity contribution in [3.05, 3.63) is 63.3 Å². The van der Waals surface area contributed by atoms with Gasteiger partial charge in [0.25, 0.3) is 0 Å². The zero-order valence-corrected chi connectivity index (χ0v) is 17.9. The minimum absolute atomic E-state index is 0.0232. The first kappa shape index (κ1) is 19.2. The Kier molecular flexibility index (Phi) is 4.75. The standard InChI is InChI=1S/C25H24Cl2O2/c1-2-13-3-8-16(18-10-9-17(26)12-20(18)27)11-19(13)23-24(28)21-14-4-5-15(7-6-14)22(21)25(23)29/h3,8-12,14-15,21-22,28H,2,4-7H2,1H3/t14?,15?,21-,22+/m0/s1. The second-order valence-electron chi connectivity index (χ2n) is 8.70. The van der Waals surface area contributed by atoms with Gasteiger partial charge in [-0.3, -0.25) is 4.79 Å². The second kappa shape index (κ2) is 7.18. The summed E-state index contributed by atoms with van der Waals surface area (Å²) in [6.07, 6.45) is 5.32. The van der Waals surface area contributed by atoms with E-state index in [-0.39, 0.29) is 17.6 Å². The number of hydrogen-bond donors (Lipinski definition) is 1. The third-order valence-electron chi connectivity index (χ3n) is 7.34. The van der Waals surface area contributed by atoms with Gasteiger partial charge in [0, 0.05) is 27.4 Å². The summed E-state index contributed by atoms with van der Waals surface area (Å²) in [7, 11) is 0. The highest BCUT2D eigenvalue weighted by Crippen LogP contribution is 2.57. The van der Waals surface area contributed by atoms with Crippen LogP contribution in [0.5, 0.6) is 0 Å². The lowest BCUT2D eigenvalue weighted by Crippen LogP contribution is -2.41. The van der Waals surface area contributed by atoms with Crippen molar-refractivity contribution < 1.29 is 9.90 Å². The molecular formula is C25H24Cl2O2. The molecule has 6 rings (SSSR count). The highest BCUT2D eigenvalue weighted by molar-refractivity contribution is 6.36. The minimum atomic E-state index is -0.0232. The van der Waals surface area contributed by atoms with Crippen LogP contribution in [0.25, 0.3) is 16.7 Å². The number of Topliss-reactive ketones (excluding diaryl/α,β-unsaturated/α-hetero) is 1. The van der Waals surface area contributed by atoms with Gasteiger partial charge >= 0.3 is 0 Å². The van der Waals surface area contributed by atoms with Crippen LogP contribution >= 0.6 is 23.2 Å². The van der Waals surface area contributed by atoms with Gasteiger partial charge in [0.05, 0.1) is 5.57 Å². The Morgan fingerprint density at radius 2 is 1.62 bits per heavy atom. The molecule has 0 aromatic heterocycles. The SMILES string of the molecule is CCc1ccc(-c2ccc(Cl)cc2Cl)cc1C1=C(O)[C@H]2C3CCC(CC3)[C@H]2C1=O. The molecule has 29 heavy (non-hydrogen) atoms. The van der Waals surface area contributed by atoms with Crippen LogP contribution in [0, 0.1) is 23.7 Å². The summed E-state index contributed by atoms with van der Waals surface area (Å²) >= 11 is 12.5. The van der Waals surface area contributed by atoms with Crippen molar-refractivity contribution in [3.8, 4) is 11.1 Å². The summed E-state index contributed by atoms with van der Waals surface area (Å²) in [5, 5.41) is 12.4. The van der Waals surface area contributed by atoms with Crippen LogP contribution in [-0.2, 0) is 11.2 Å². The number of halogens is 2. The van der Waals surface area contributed by atoms with E-state index in [0.29, 0.717) is 33.2 Å². The number of aliphatic hydroxyl groups excluding tert-OH is 1. The van der Waals surface area contributed by atoms with Crippen LogP contribution in [0.2, 0.25) is 10.0 Å². The Morgan fingerprint density at radius 3 is 2.24 bits per heavy atom. The first-order chi connectivity index (χ1) is 14.0. The number of carbonyl (C=O) groups excluding carboxylic acids is 1. The number of aryl methyl sites for hydroxylation is 1. The molecule has 4 heteroatoms. The number of aliphatic hydroxyl groups is 1. The molecule has 0 aliphatic heterocycles. The van der Waals surface area contributed by atoms with Crippen molar-refractivity contribution in [2.45, 2.75) is 39.0 Å². The quantitative estimate of drug-likeness (QED) is 0.566. The molecule has 2 aromatic rings. The predicted octanol–water partition coefficient (Wildman–Crippen LogP) is 7.13. The molecule has 0 spiro atoms. The fraction of sp³-hybridized carbons (Fsp3) is 0.400. The molecule has 0 saturated heterocycles. The van der Waals surface area contributed by atoms with Gasteiger partial charge in [-0.15, -0.1) is 0 Å². The molecule has 2 bridgehead atoms. The maximum atomic E-state index is 13.5. The van der Waals surface area contributed by atoms with Gasteiger partial charge in [0.15, 0.2) is 5.78 Å². The van der Waals surface area contributed by atoms with E-state index < -0.39 is 0 Å². The molecule has 4 aliphatic carbocycles. The Bertz CT molecular complexity index is 1030. The molecule has 2 nitrogen and oxygen atoms in total. The normalized spacial score (nSPS) is 28.2. The molecule has 0 amide bonds. The molecule has 1 N–H and O–H groups in total. The van der Waals surface area contributed by atoms with Gasteiger partial charge in [-0.1, -0.05) is 48.3 Å². The van der Waals surface area contributed by atoms with Crippen LogP contribution in [0.1, 0.15) is 43.7 Å². The van der Waals surface area contributed by atoms with Crippen molar-refractivity contribution in [2.75, 3.05) is 0 Å². The third kappa shape index (κ3) is 2.95. The molecule has 0 heterocycles. The fourth-order valence-electron chi connectivity index (χ4n) is 5.96. The van der Waals surface area contributed by atoms with Gasteiger partial charge in [-0.05, 0) is 78.8 Å². The Morgan fingerprint density at radius 1 is 0.931 bits per heavy atom. The molecule has 2 atom stereocenters. The maximum absolute atomic E-state index is 13.5. The number of ketones is 1.